The lowest BCUT2D eigenvalue weighted by atomic mass is 9.98. The monoisotopic (exact) mass is 369 g/mol. The number of amides is 1. The third kappa shape index (κ3) is 6.44. The quantitative estimate of drug-likeness (QED) is 0.702. The average molecular weight is 369 g/mol. The van der Waals surface area contributed by atoms with Crippen molar-refractivity contribution in [3.05, 3.63) is 59.2 Å². The molecule has 0 aliphatic rings. The Hall–Kier alpha value is -2.82. The van der Waals surface area contributed by atoms with Crippen molar-refractivity contribution >= 4 is 17.6 Å². The van der Waals surface area contributed by atoms with Crippen molar-refractivity contribution in [1.29, 1.82) is 0 Å². The highest BCUT2D eigenvalue weighted by Crippen LogP contribution is 2.27. The van der Waals surface area contributed by atoms with Gasteiger partial charge in [-0.25, -0.2) is 0 Å². The van der Waals surface area contributed by atoms with E-state index in [0.717, 1.165) is 22.4 Å². The minimum absolute atomic E-state index is 0.0861. The Bertz CT molecular complexity index is 781. The van der Waals surface area contributed by atoms with Gasteiger partial charge in [-0.2, -0.15) is 0 Å². The van der Waals surface area contributed by atoms with Gasteiger partial charge in [0.05, 0.1) is 13.0 Å². The maximum Gasteiger partial charge on any atom is 0.309 e. The lowest BCUT2D eigenvalue weighted by molar-refractivity contribution is -0.147. The van der Waals surface area contributed by atoms with Gasteiger partial charge in [0.2, 0.25) is 0 Å². The molecule has 0 saturated carbocycles. The predicted molar refractivity (Wildman–Crippen MR) is 106 cm³/mol. The van der Waals surface area contributed by atoms with Crippen molar-refractivity contribution in [2.24, 2.45) is 0 Å². The van der Waals surface area contributed by atoms with Crippen molar-refractivity contribution in [1.82, 2.24) is 0 Å². The van der Waals surface area contributed by atoms with E-state index in [2.05, 4.69) is 19.2 Å². The normalized spacial score (nSPS) is 10.6. The molecule has 1 amide bonds. The second-order valence-electron chi connectivity index (χ2n) is 6.81. The number of benzene rings is 2. The molecule has 5 nitrogen and oxygen atoms in total. The molecule has 0 atom stereocenters. The number of carbonyl (C=O) groups is 2. The Morgan fingerprint density at radius 1 is 1.04 bits per heavy atom. The van der Waals surface area contributed by atoms with Gasteiger partial charge in [-0.1, -0.05) is 49.7 Å². The molecule has 0 aromatic heterocycles. The number of aryl methyl sites for hydroxylation is 2. The van der Waals surface area contributed by atoms with Crippen LogP contribution in [0, 0.1) is 13.8 Å². The van der Waals surface area contributed by atoms with Crippen molar-refractivity contribution < 1.29 is 19.1 Å². The summed E-state index contributed by atoms with van der Waals surface area (Å²) in [6.45, 7) is 7.97. The molecule has 0 heterocycles. The number of ether oxygens (including phenoxy) is 2. The molecule has 0 unspecified atom stereocenters. The lowest BCUT2D eigenvalue weighted by Crippen LogP contribution is -2.22. The minimum atomic E-state index is -0.467. The van der Waals surface area contributed by atoms with Gasteiger partial charge in [0, 0.05) is 5.69 Å². The summed E-state index contributed by atoms with van der Waals surface area (Å²) in [6, 6.07) is 13.5. The first-order valence-electron chi connectivity index (χ1n) is 9.11. The first kappa shape index (κ1) is 20.5. The van der Waals surface area contributed by atoms with Crippen LogP contribution in [-0.4, -0.2) is 25.1 Å². The molecular formula is C22H27NO4. The smallest absolute Gasteiger partial charge is 0.309 e. The van der Waals surface area contributed by atoms with Gasteiger partial charge in [-0.05, 0) is 43.0 Å². The molecule has 2 aromatic carbocycles. The zero-order valence-electron chi connectivity index (χ0n) is 16.4. The number of rotatable bonds is 8. The van der Waals surface area contributed by atoms with E-state index in [1.54, 1.807) is 0 Å². The first-order chi connectivity index (χ1) is 12.9. The molecular weight excluding hydrogens is 342 g/mol. The van der Waals surface area contributed by atoms with E-state index >= 15 is 0 Å². The van der Waals surface area contributed by atoms with Crippen LogP contribution >= 0.6 is 0 Å². The summed E-state index contributed by atoms with van der Waals surface area (Å²) in [5.41, 5.74) is 3.96. The van der Waals surface area contributed by atoms with Crippen LogP contribution in [0.4, 0.5) is 5.69 Å². The molecule has 1 N–H and O–H groups in total. The summed E-state index contributed by atoms with van der Waals surface area (Å²) in [4.78, 5) is 24.0. The number of hydrogen-bond acceptors (Lipinski definition) is 4. The molecule has 2 rings (SSSR count). The molecule has 0 radical (unpaired) electrons. The summed E-state index contributed by atoms with van der Waals surface area (Å²) < 4.78 is 10.5. The van der Waals surface area contributed by atoms with Gasteiger partial charge < -0.3 is 14.8 Å². The van der Waals surface area contributed by atoms with Crippen LogP contribution in [0.2, 0.25) is 0 Å². The van der Waals surface area contributed by atoms with E-state index in [1.165, 1.54) is 0 Å². The van der Waals surface area contributed by atoms with Gasteiger partial charge in [-0.15, -0.1) is 0 Å². The third-order valence-corrected chi connectivity index (χ3v) is 4.15. The van der Waals surface area contributed by atoms with E-state index in [1.807, 2.05) is 56.3 Å². The minimum Gasteiger partial charge on any atom is -0.493 e. The van der Waals surface area contributed by atoms with Crippen LogP contribution in [0.1, 0.15) is 42.9 Å². The third-order valence-electron chi connectivity index (χ3n) is 4.15. The fourth-order valence-corrected chi connectivity index (χ4v) is 2.62. The molecule has 0 fully saturated rings. The summed E-state index contributed by atoms with van der Waals surface area (Å²) in [5.74, 6) is 0.165. The molecule has 0 bridgehead atoms. The van der Waals surface area contributed by atoms with E-state index in [9.17, 15) is 9.59 Å². The van der Waals surface area contributed by atoms with Crippen LogP contribution in [0.25, 0.3) is 0 Å². The zero-order valence-corrected chi connectivity index (χ0v) is 16.4. The van der Waals surface area contributed by atoms with Gasteiger partial charge in [0.15, 0.2) is 6.61 Å². The van der Waals surface area contributed by atoms with E-state index in [-0.39, 0.29) is 31.5 Å². The van der Waals surface area contributed by atoms with Crippen LogP contribution in [0.3, 0.4) is 0 Å². The predicted octanol–water partition coefficient (Wildman–Crippen LogP) is 4.38. The molecule has 2 aromatic rings. The van der Waals surface area contributed by atoms with Crippen LogP contribution in [0.15, 0.2) is 42.5 Å². The highest BCUT2D eigenvalue weighted by atomic mass is 16.5. The highest BCUT2D eigenvalue weighted by molar-refractivity contribution is 5.94. The van der Waals surface area contributed by atoms with Crippen molar-refractivity contribution in [3.8, 4) is 5.75 Å². The largest absolute Gasteiger partial charge is 0.493 e. The zero-order chi connectivity index (χ0) is 19.8. The van der Waals surface area contributed by atoms with Crippen molar-refractivity contribution in [3.63, 3.8) is 0 Å². The fourth-order valence-electron chi connectivity index (χ4n) is 2.62. The summed E-state index contributed by atoms with van der Waals surface area (Å²) >= 11 is 0. The molecule has 27 heavy (non-hydrogen) atoms. The van der Waals surface area contributed by atoms with Gasteiger partial charge >= 0.3 is 5.97 Å². The summed E-state index contributed by atoms with van der Waals surface area (Å²) in [7, 11) is 0. The van der Waals surface area contributed by atoms with E-state index in [0.29, 0.717) is 5.75 Å². The number of para-hydroxylation sites is 1. The van der Waals surface area contributed by atoms with Crippen LogP contribution in [-0.2, 0) is 14.3 Å². The average Bonchev–Trinajstić information content (AvgIpc) is 2.63. The highest BCUT2D eigenvalue weighted by Gasteiger charge is 2.13. The van der Waals surface area contributed by atoms with Gasteiger partial charge in [0.25, 0.3) is 5.91 Å². The molecule has 0 aliphatic carbocycles. The maximum absolute atomic E-state index is 12.2. The lowest BCUT2D eigenvalue weighted by Gasteiger charge is -2.16. The summed E-state index contributed by atoms with van der Waals surface area (Å²) in [5, 5.41) is 2.86. The molecule has 144 valence electrons. The Morgan fingerprint density at radius 3 is 2.41 bits per heavy atom. The Morgan fingerprint density at radius 2 is 1.74 bits per heavy atom. The van der Waals surface area contributed by atoms with Crippen LogP contribution < -0.4 is 10.1 Å². The first-order valence-corrected chi connectivity index (χ1v) is 9.11. The second kappa shape index (κ2) is 9.76. The summed E-state index contributed by atoms with van der Waals surface area (Å²) in [6.07, 6.45) is 0.0861. The molecule has 5 heteroatoms. The Kier molecular flexibility index (Phi) is 7.41. The number of carbonyl (C=O) groups excluding carboxylic acids is 2. The van der Waals surface area contributed by atoms with Crippen LogP contribution in [0.5, 0.6) is 5.75 Å². The Labute approximate surface area is 160 Å². The van der Waals surface area contributed by atoms with Crippen molar-refractivity contribution in [2.75, 3.05) is 18.5 Å². The number of anilines is 1. The molecule has 0 aliphatic heterocycles. The topological polar surface area (TPSA) is 64.6 Å². The van der Waals surface area contributed by atoms with Gasteiger partial charge in [0.1, 0.15) is 5.75 Å². The molecule has 0 saturated heterocycles. The Balaban J connectivity index is 1.77. The van der Waals surface area contributed by atoms with E-state index in [4.69, 9.17) is 9.47 Å². The van der Waals surface area contributed by atoms with Gasteiger partial charge in [-0.3, -0.25) is 9.59 Å². The van der Waals surface area contributed by atoms with Crippen molar-refractivity contribution in [2.45, 2.75) is 40.0 Å². The maximum atomic E-state index is 12.2. The number of hydrogen-bond donors (Lipinski definition) is 1. The standard InChI is InChI=1S/C22H27NO4/c1-15(2)19-7-5-6-17(4)22(19)23-20(24)14-27-21(25)12-13-26-18-10-8-16(3)9-11-18/h5-11,15H,12-14H2,1-4H3,(H,23,24). The second-order valence-corrected chi connectivity index (χ2v) is 6.81. The SMILES string of the molecule is Cc1ccc(OCCC(=O)OCC(=O)Nc2c(C)cccc2C(C)C)cc1. The van der Waals surface area contributed by atoms with E-state index < -0.39 is 5.97 Å². The molecule has 0 spiro atoms. The fraction of sp³-hybridized carbons (Fsp3) is 0.364. The number of nitrogens with one attached hydrogen (secondary N) is 1. The number of esters is 1.